The van der Waals surface area contributed by atoms with Crippen LogP contribution in [-0.4, -0.2) is 11.9 Å². The number of aliphatic imine (C=N–C) groups is 1. The van der Waals surface area contributed by atoms with E-state index in [0.717, 1.165) is 15.6 Å². The lowest BCUT2D eigenvalue weighted by atomic mass is 10.2. The summed E-state index contributed by atoms with van der Waals surface area (Å²) < 4.78 is 6.10. The van der Waals surface area contributed by atoms with Gasteiger partial charge >= 0.3 is 5.97 Å². The van der Waals surface area contributed by atoms with E-state index < -0.39 is 5.97 Å². The van der Waals surface area contributed by atoms with Crippen molar-refractivity contribution in [3.63, 3.8) is 0 Å². The first-order valence-corrected chi connectivity index (χ1v) is 7.27. The van der Waals surface area contributed by atoms with Gasteiger partial charge in [0.25, 0.3) is 0 Å². The summed E-state index contributed by atoms with van der Waals surface area (Å²) in [5.41, 5.74) is 2.06. The standard InChI is InChI=1S/C14H8BrNO2S/c15-11-3-1-2-10(7-11)13-16-12(14(17)18-13)6-9-4-5-19-8-9/h1-8H/b12-6-. The van der Waals surface area contributed by atoms with Crippen molar-refractivity contribution in [1.29, 1.82) is 0 Å². The lowest BCUT2D eigenvalue weighted by molar-refractivity contribution is -0.129. The van der Waals surface area contributed by atoms with E-state index in [-0.39, 0.29) is 0 Å². The number of hydrogen-bond acceptors (Lipinski definition) is 4. The van der Waals surface area contributed by atoms with Gasteiger partial charge in [0.1, 0.15) is 0 Å². The van der Waals surface area contributed by atoms with Crippen LogP contribution in [0.5, 0.6) is 0 Å². The van der Waals surface area contributed by atoms with Crippen molar-refractivity contribution in [2.24, 2.45) is 4.99 Å². The third-order valence-corrected chi connectivity index (χ3v) is 3.73. The highest BCUT2D eigenvalue weighted by atomic mass is 79.9. The van der Waals surface area contributed by atoms with Crippen LogP contribution in [0.25, 0.3) is 6.08 Å². The molecule has 2 aromatic rings. The maximum Gasteiger partial charge on any atom is 0.363 e. The number of thiophene rings is 1. The molecule has 1 aromatic heterocycles. The summed E-state index contributed by atoms with van der Waals surface area (Å²) in [7, 11) is 0. The highest BCUT2D eigenvalue weighted by Gasteiger charge is 2.24. The van der Waals surface area contributed by atoms with E-state index in [0.29, 0.717) is 11.6 Å². The molecule has 0 atom stereocenters. The summed E-state index contributed by atoms with van der Waals surface area (Å²) >= 11 is 4.95. The molecule has 0 N–H and O–H groups in total. The van der Waals surface area contributed by atoms with E-state index in [1.807, 2.05) is 41.1 Å². The smallest absolute Gasteiger partial charge is 0.363 e. The maximum atomic E-state index is 11.8. The Morgan fingerprint density at radius 1 is 1.32 bits per heavy atom. The molecule has 3 nitrogen and oxygen atoms in total. The van der Waals surface area contributed by atoms with Crippen molar-refractivity contribution < 1.29 is 9.53 Å². The monoisotopic (exact) mass is 333 g/mol. The number of esters is 1. The largest absolute Gasteiger partial charge is 0.402 e. The van der Waals surface area contributed by atoms with Crippen molar-refractivity contribution in [2.45, 2.75) is 0 Å². The number of rotatable bonds is 2. The van der Waals surface area contributed by atoms with E-state index in [2.05, 4.69) is 20.9 Å². The van der Waals surface area contributed by atoms with Gasteiger partial charge in [0.05, 0.1) is 0 Å². The fourth-order valence-corrected chi connectivity index (χ4v) is 2.69. The van der Waals surface area contributed by atoms with Crippen molar-refractivity contribution in [1.82, 2.24) is 0 Å². The minimum Gasteiger partial charge on any atom is -0.402 e. The Hall–Kier alpha value is -1.72. The van der Waals surface area contributed by atoms with Crippen LogP contribution in [0.1, 0.15) is 11.1 Å². The average Bonchev–Trinajstić information content (AvgIpc) is 3.01. The topological polar surface area (TPSA) is 38.7 Å². The van der Waals surface area contributed by atoms with Crippen molar-refractivity contribution in [3.8, 4) is 0 Å². The Kier molecular flexibility index (Phi) is 3.31. The molecule has 1 aromatic carbocycles. The Bertz CT molecular complexity index is 689. The van der Waals surface area contributed by atoms with Crippen LogP contribution in [-0.2, 0) is 9.53 Å². The summed E-state index contributed by atoms with van der Waals surface area (Å²) in [4.78, 5) is 16.0. The lowest BCUT2D eigenvalue weighted by Crippen LogP contribution is -2.05. The number of carbonyl (C=O) groups excluding carboxylic acids is 1. The first kappa shape index (κ1) is 12.3. The molecule has 2 heterocycles. The van der Waals surface area contributed by atoms with E-state index in [9.17, 15) is 4.79 Å². The van der Waals surface area contributed by atoms with E-state index in [4.69, 9.17) is 4.74 Å². The number of hydrogen-bond donors (Lipinski definition) is 0. The molecule has 5 heteroatoms. The number of cyclic esters (lactones) is 1. The fourth-order valence-electron chi connectivity index (χ4n) is 1.67. The summed E-state index contributed by atoms with van der Waals surface area (Å²) in [6, 6.07) is 9.42. The molecule has 1 aliphatic heterocycles. The molecule has 19 heavy (non-hydrogen) atoms. The molecule has 3 rings (SSSR count). The zero-order chi connectivity index (χ0) is 13.2. The first-order chi connectivity index (χ1) is 9.22. The highest BCUT2D eigenvalue weighted by Crippen LogP contribution is 2.21. The van der Waals surface area contributed by atoms with Crippen LogP contribution in [0.3, 0.4) is 0 Å². The normalized spacial score (nSPS) is 16.6. The van der Waals surface area contributed by atoms with Crippen LogP contribution in [0.15, 0.2) is 56.3 Å². The molecular weight excluding hydrogens is 326 g/mol. The van der Waals surface area contributed by atoms with Gasteiger partial charge in [-0.2, -0.15) is 11.3 Å². The number of carbonyl (C=O) groups is 1. The molecular formula is C14H8BrNO2S. The second kappa shape index (κ2) is 5.11. The Balaban J connectivity index is 1.95. The third kappa shape index (κ3) is 2.67. The number of nitrogens with zero attached hydrogens (tertiary/aromatic N) is 1. The molecule has 1 aliphatic rings. The minimum absolute atomic E-state index is 0.327. The van der Waals surface area contributed by atoms with Gasteiger partial charge in [-0.15, -0.1) is 0 Å². The predicted octanol–water partition coefficient (Wildman–Crippen LogP) is 3.86. The molecule has 0 aliphatic carbocycles. The Morgan fingerprint density at radius 2 is 2.21 bits per heavy atom. The summed E-state index contributed by atoms with van der Waals surface area (Å²) in [5, 5.41) is 3.90. The number of benzene rings is 1. The lowest BCUT2D eigenvalue weighted by Gasteiger charge is -1.99. The van der Waals surface area contributed by atoms with Gasteiger partial charge in [-0.05, 0) is 46.7 Å². The second-order valence-corrected chi connectivity index (χ2v) is 5.60. The van der Waals surface area contributed by atoms with Crippen molar-refractivity contribution >= 4 is 45.2 Å². The average molecular weight is 334 g/mol. The number of halogens is 1. The van der Waals surface area contributed by atoms with E-state index in [1.165, 1.54) is 0 Å². The van der Waals surface area contributed by atoms with E-state index in [1.54, 1.807) is 17.4 Å². The quantitative estimate of drug-likeness (QED) is 0.618. The Morgan fingerprint density at radius 3 is 2.95 bits per heavy atom. The Labute approximate surface area is 122 Å². The van der Waals surface area contributed by atoms with E-state index >= 15 is 0 Å². The highest BCUT2D eigenvalue weighted by molar-refractivity contribution is 9.10. The van der Waals surface area contributed by atoms with Crippen molar-refractivity contribution in [3.05, 3.63) is 62.4 Å². The molecule has 94 valence electrons. The second-order valence-electron chi connectivity index (χ2n) is 3.90. The van der Waals surface area contributed by atoms with Crippen molar-refractivity contribution in [2.75, 3.05) is 0 Å². The fraction of sp³-hybridized carbons (Fsp3) is 0. The van der Waals surface area contributed by atoms with Gasteiger partial charge in [0, 0.05) is 10.0 Å². The molecule has 0 fully saturated rings. The SMILES string of the molecule is O=C1OC(c2cccc(Br)c2)=N/C1=C\c1ccsc1. The van der Waals surface area contributed by atoms with Gasteiger partial charge < -0.3 is 4.74 Å². The van der Waals surface area contributed by atoms with Crippen LogP contribution in [0.2, 0.25) is 0 Å². The molecule has 0 bridgehead atoms. The molecule has 0 amide bonds. The molecule has 0 spiro atoms. The van der Waals surface area contributed by atoms with Crippen LogP contribution in [0.4, 0.5) is 0 Å². The summed E-state index contributed by atoms with van der Waals surface area (Å²) in [5.74, 6) is -0.0750. The molecule has 0 radical (unpaired) electrons. The zero-order valence-corrected chi connectivity index (χ0v) is 12.1. The summed E-state index contributed by atoms with van der Waals surface area (Å²) in [6.45, 7) is 0. The third-order valence-electron chi connectivity index (χ3n) is 2.54. The summed E-state index contributed by atoms with van der Waals surface area (Å²) in [6.07, 6.45) is 1.73. The zero-order valence-electron chi connectivity index (χ0n) is 9.67. The van der Waals surface area contributed by atoms with Gasteiger partial charge in [0.15, 0.2) is 5.70 Å². The molecule has 0 unspecified atom stereocenters. The minimum atomic E-state index is -0.416. The van der Waals surface area contributed by atoms with Gasteiger partial charge in [0.2, 0.25) is 5.90 Å². The predicted molar refractivity (Wildman–Crippen MR) is 79.1 cm³/mol. The van der Waals surface area contributed by atoms with Crippen LogP contribution in [0, 0.1) is 0 Å². The van der Waals surface area contributed by atoms with Gasteiger partial charge in [-0.1, -0.05) is 22.0 Å². The number of ether oxygens (including phenoxy) is 1. The van der Waals surface area contributed by atoms with Gasteiger partial charge in [-0.3, -0.25) is 0 Å². The molecule has 0 saturated heterocycles. The first-order valence-electron chi connectivity index (χ1n) is 5.53. The maximum absolute atomic E-state index is 11.8. The van der Waals surface area contributed by atoms with Crippen LogP contribution < -0.4 is 0 Å². The molecule has 0 saturated carbocycles. The van der Waals surface area contributed by atoms with Gasteiger partial charge in [-0.25, -0.2) is 9.79 Å². The van der Waals surface area contributed by atoms with Crippen LogP contribution >= 0.6 is 27.3 Å².